The Hall–Kier alpha value is -1.99. The number of rotatable bonds is 21. The molecule has 248 valence electrons. The second-order valence-electron chi connectivity index (χ2n) is 12.2. The van der Waals surface area contributed by atoms with E-state index in [2.05, 4.69) is 76.2 Å². The molecule has 0 atom stereocenters. The minimum atomic E-state index is 0. The summed E-state index contributed by atoms with van der Waals surface area (Å²) in [5.41, 5.74) is 21.8. The molecule has 2 aromatic rings. The average molecular weight is 644 g/mol. The summed E-state index contributed by atoms with van der Waals surface area (Å²) in [4.78, 5) is 0. The van der Waals surface area contributed by atoms with E-state index >= 15 is 0 Å². The summed E-state index contributed by atoms with van der Waals surface area (Å²) >= 11 is 0. The van der Waals surface area contributed by atoms with Crippen LogP contribution >= 0.6 is 0 Å². The summed E-state index contributed by atoms with van der Waals surface area (Å²) in [6, 6.07) is 18.2. The summed E-state index contributed by atoms with van der Waals surface area (Å²) in [7, 11) is 0. The van der Waals surface area contributed by atoms with Gasteiger partial charge in [0.1, 0.15) is 0 Å². The fraction of sp³-hybridized carbons (Fsp3) is 0.561. The predicted octanol–water partition coefficient (Wildman–Crippen LogP) is 13.6. The van der Waals surface area contributed by atoms with Crippen LogP contribution in [0.4, 0.5) is 0 Å². The second kappa shape index (κ2) is 24.3. The van der Waals surface area contributed by atoms with E-state index < -0.39 is 0 Å². The number of benzene rings is 2. The van der Waals surface area contributed by atoms with E-state index in [0.29, 0.717) is 0 Å². The van der Waals surface area contributed by atoms with Crippen molar-refractivity contribution in [3.05, 3.63) is 102 Å². The molecule has 1 heterocycles. The zero-order valence-corrected chi connectivity index (χ0v) is 30.3. The Bertz CT molecular complexity index is 1110. The van der Waals surface area contributed by atoms with Gasteiger partial charge in [-0.05, 0) is 86.8 Å². The number of hydrogen-bond donors (Lipinski definition) is 0. The molecule has 0 unspecified atom stereocenters. The van der Waals surface area contributed by atoms with Gasteiger partial charge in [0.05, 0.1) is 0 Å². The molecule has 1 aliphatic rings. The van der Waals surface area contributed by atoms with E-state index in [1.165, 1.54) is 119 Å². The van der Waals surface area contributed by atoms with E-state index in [4.69, 9.17) is 0 Å². The van der Waals surface area contributed by atoms with Crippen LogP contribution in [0, 0.1) is 14.9 Å². The summed E-state index contributed by atoms with van der Waals surface area (Å²) in [6.45, 7) is 9.10. The van der Waals surface area contributed by atoms with E-state index in [9.17, 15) is 5.53 Å². The summed E-state index contributed by atoms with van der Waals surface area (Å²) in [5, 5.41) is 0. The first-order valence-corrected chi connectivity index (χ1v) is 17.3. The fourth-order valence-electron chi connectivity index (χ4n) is 6.24. The van der Waals surface area contributed by atoms with Gasteiger partial charge in [-0.3, -0.25) is 0 Å². The smallest absolute Gasteiger partial charge is 0.493 e. The zero-order chi connectivity index (χ0) is 29.3. The van der Waals surface area contributed by atoms with Gasteiger partial charge in [0, 0.05) is 22.3 Å². The Morgan fingerprint density at radius 1 is 0.432 bits per heavy atom. The Labute approximate surface area is 283 Å². The molecule has 3 heteroatoms. The molecule has 3 rings (SSSR count). The van der Waals surface area contributed by atoms with Crippen molar-refractivity contribution >= 4 is 11.4 Å². The number of nitrogens with zero attached hydrogens (tertiary/aromatic N) is 2. The molecule has 2 nitrogen and oxygen atoms in total. The van der Waals surface area contributed by atoms with Gasteiger partial charge >= 0.3 is 16.5 Å². The van der Waals surface area contributed by atoms with Crippen molar-refractivity contribution in [2.75, 3.05) is 0 Å². The Morgan fingerprint density at radius 3 is 1.07 bits per heavy atom. The van der Waals surface area contributed by atoms with Crippen LogP contribution in [-0.2, 0) is 29.3 Å². The molecule has 0 aromatic heterocycles. The van der Waals surface area contributed by atoms with Gasteiger partial charge in [-0.15, -0.1) is 0 Å². The van der Waals surface area contributed by atoms with Crippen molar-refractivity contribution in [1.82, 2.24) is 0 Å². The van der Waals surface area contributed by atoms with E-state index in [0.717, 1.165) is 48.2 Å². The molecule has 0 radical (unpaired) electrons. The standard InChI is InChI=1S/C39H58N2.2CH3.Ni/c1-5-9-13-17-20-32-24-28-34(29-25-32)38-36(22-16-12-8-4)37(23-19-15-11-7-3)39(41(38)40)35-30-26-33(27-31-35)21-18-14-10-6-2;;;/h24-31H,5-23H2,1-4H3;2*1H3;/q;2*-1;+2. The van der Waals surface area contributed by atoms with Crippen LogP contribution in [0.5, 0.6) is 0 Å². The third-order valence-corrected chi connectivity index (χ3v) is 8.76. The van der Waals surface area contributed by atoms with Crippen LogP contribution < -0.4 is 0 Å². The monoisotopic (exact) mass is 642 g/mol. The maximum atomic E-state index is 11.9. The molecule has 0 amide bonds. The molecule has 0 saturated heterocycles. The third-order valence-electron chi connectivity index (χ3n) is 8.76. The van der Waals surface area contributed by atoms with Crippen LogP contribution in [0.15, 0.2) is 59.7 Å². The Morgan fingerprint density at radius 2 is 0.727 bits per heavy atom. The normalized spacial score (nSPS) is 12.7. The number of allylic oxidation sites excluding steroid dienone is 2. The van der Waals surface area contributed by atoms with Gasteiger partial charge in [0.2, 0.25) is 11.4 Å². The number of aryl methyl sites for hydroxylation is 2. The minimum absolute atomic E-state index is 0. The Balaban J connectivity index is 0.00000616. The maximum Gasteiger partial charge on any atom is 2.00 e. The van der Waals surface area contributed by atoms with Crippen molar-refractivity contribution in [3.63, 3.8) is 0 Å². The molecule has 0 aliphatic carbocycles. The van der Waals surface area contributed by atoms with E-state index in [1.807, 2.05) is 0 Å². The predicted molar refractivity (Wildman–Crippen MR) is 192 cm³/mol. The third kappa shape index (κ3) is 12.8. The van der Waals surface area contributed by atoms with Crippen molar-refractivity contribution in [1.29, 1.82) is 0 Å². The maximum absolute atomic E-state index is 11.9. The van der Waals surface area contributed by atoms with Crippen molar-refractivity contribution in [3.8, 4) is 0 Å². The molecule has 2 aromatic carbocycles. The van der Waals surface area contributed by atoms with Crippen molar-refractivity contribution < 1.29 is 21.2 Å². The van der Waals surface area contributed by atoms with Crippen molar-refractivity contribution in [2.24, 2.45) is 0 Å². The number of hydrogen-bond acceptors (Lipinski definition) is 0. The van der Waals surface area contributed by atoms with Gasteiger partial charge in [-0.1, -0.05) is 123 Å². The summed E-state index contributed by atoms with van der Waals surface area (Å²) in [5.74, 6) is 0. The molecule has 0 saturated carbocycles. The zero-order valence-electron chi connectivity index (χ0n) is 29.3. The van der Waals surface area contributed by atoms with Crippen LogP contribution in [0.1, 0.15) is 159 Å². The Kier molecular flexibility index (Phi) is 23.2. The van der Waals surface area contributed by atoms with Crippen LogP contribution in [0.2, 0.25) is 0 Å². The quantitative estimate of drug-likeness (QED) is 0.0560. The van der Waals surface area contributed by atoms with Crippen LogP contribution in [0.3, 0.4) is 0 Å². The summed E-state index contributed by atoms with van der Waals surface area (Å²) in [6.07, 6.45) is 23.2. The van der Waals surface area contributed by atoms with Gasteiger partial charge in [-0.2, -0.15) is 0 Å². The summed E-state index contributed by atoms with van der Waals surface area (Å²) < 4.78 is 1.56. The van der Waals surface area contributed by atoms with Crippen LogP contribution in [-0.4, -0.2) is 4.70 Å². The molecule has 1 aliphatic heterocycles. The van der Waals surface area contributed by atoms with Gasteiger partial charge in [-0.25, -0.2) is 4.70 Å². The van der Waals surface area contributed by atoms with E-state index in [-0.39, 0.29) is 31.3 Å². The van der Waals surface area contributed by atoms with E-state index in [1.54, 1.807) is 4.70 Å². The topological polar surface area (TPSA) is 25.3 Å². The molecule has 0 spiro atoms. The molecular formula is C41H64N2Ni. The van der Waals surface area contributed by atoms with Gasteiger partial charge in [0.15, 0.2) is 0 Å². The first kappa shape index (κ1) is 42.0. The second-order valence-corrected chi connectivity index (χ2v) is 12.2. The average Bonchev–Trinajstić information content (AvgIpc) is 3.27. The van der Waals surface area contributed by atoms with Gasteiger partial charge in [0.25, 0.3) is 0 Å². The molecule has 0 N–H and O–H groups in total. The molecule has 0 bridgehead atoms. The SMILES string of the molecule is CCCCCCC1=C(c2ccc(CCCCCC)cc2)[N+](=[N-])C(c2ccc(CCCCCC)cc2)=C1CCCCC.[CH3-].[CH3-].[Ni+2]. The molecular weight excluding hydrogens is 579 g/mol. The number of unbranched alkanes of at least 4 members (excludes halogenated alkanes) is 11. The van der Waals surface area contributed by atoms with Crippen molar-refractivity contribution in [2.45, 2.75) is 150 Å². The molecule has 0 fully saturated rings. The fourth-order valence-corrected chi connectivity index (χ4v) is 6.24. The van der Waals surface area contributed by atoms with Gasteiger partial charge < -0.3 is 20.4 Å². The minimum Gasteiger partial charge on any atom is -0.493 e. The first-order chi connectivity index (χ1) is 20.1. The van der Waals surface area contributed by atoms with Crippen LogP contribution in [0.25, 0.3) is 16.9 Å². The first-order valence-electron chi connectivity index (χ1n) is 17.3. The largest absolute Gasteiger partial charge is 2.00 e. The molecule has 44 heavy (non-hydrogen) atoms.